The fraction of sp³-hybridized carbons (Fsp3) is 0.212. The van der Waals surface area contributed by atoms with E-state index in [2.05, 4.69) is 62.9 Å². The van der Waals surface area contributed by atoms with Crippen molar-refractivity contribution >= 4 is 21.8 Å². The molecule has 0 aromatic heterocycles. The molecule has 0 N–H and O–H groups in total. The fourth-order valence-corrected chi connectivity index (χ4v) is 6.22. The summed E-state index contributed by atoms with van der Waals surface area (Å²) in [5.41, 5.74) is 5.29. The Morgan fingerprint density at radius 3 is 1.28 bits per heavy atom. The van der Waals surface area contributed by atoms with Crippen LogP contribution in [0.3, 0.4) is 0 Å². The smallest absolute Gasteiger partial charge is 1.00 e. The minimum absolute atomic E-state index is 0. The molecule has 0 nitrogen and oxygen atoms in total. The number of benzene rings is 3. The molecule has 0 amide bonds. The van der Waals surface area contributed by atoms with Gasteiger partial charge in [-0.3, -0.25) is 12.2 Å². The summed E-state index contributed by atoms with van der Waals surface area (Å²) in [6.07, 6.45) is 10.6. The second-order valence-corrected chi connectivity index (χ2v) is 16.6. The third-order valence-corrected chi connectivity index (χ3v) is 9.39. The van der Waals surface area contributed by atoms with E-state index < -0.39 is 0 Å². The maximum Gasteiger partial charge on any atom is -1.00 e. The summed E-state index contributed by atoms with van der Waals surface area (Å²) >= 11 is 1.69. The number of hydrogen-bond donors (Lipinski definition) is 0. The molecule has 0 saturated carbocycles. The predicted molar refractivity (Wildman–Crippen MR) is 150 cm³/mol. The Labute approximate surface area is 260 Å². The van der Waals surface area contributed by atoms with E-state index in [4.69, 9.17) is 0 Å². The number of allylic oxidation sites excluding steroid dienone is 8. The molecule has 0 fully saturated rings. The molecule has 0 saturated heterocycles. The molecule has 2 aliphatic carbocycles. The van der Waals surface area contributed by atoms with E-state index in [1.165, 1.54) is 12.1 Å². The molecule has 202 valence electrons. The van der Waals surface area contributed by atoms with Crippen molar-refractivity contribution < 1.29 is 56.9 Å². The van der Waals surface area contributed by atoms with Crippen molar-refractivity contribution in [3.05, 3.63) is 137 Å². The van der Waals surface area contributed by atoms with Crippen LogP contribution >= 0.6 is 0 Å². The van der Waals surface area contributed by atoms with Crippen molar-refractivity contribution in [2.24, 2.45) is 11.8 Å². The Balaban J connectivity index is 0.000000292. The molecule has 3 aromatic rings. The zero-order chi connectivity index (χ0) is 26.9. The summed E-state index contributed by atoms with van der Waals surface area (Å²) in [7, 11) is 0. The average Bonchev–Trinajstić information content (AvgIpc) is 3.40. The van der Waals surface area contributed by atoms with Crippen LogP contribution in [0.5, 0.6) is 0 Å². The largest absolute Gasteiger partial charge is 1.00 e. The van der Waals surface area contributed by atoms with Crippen molar-refractivity contribution in [1.82, 2.24) is 0 Å². The maximum atomic E-state index is 13.5. The van der Waals surface area contributed by atoms with Crippen LogP contribution in [-0.4, -0.2) is 5.43 Å². The van der Waals surface area contributed by atoms with E-state index in [0.717, 1.165) is 22.3 Å². The third kappa shape index (κ3) is 10.3. The Morgan fingerprint density at radius 1 is 0.641 bits per heavy atom. The van der Waals surface area contributed by atoms with E-state index >= 15 is 0 Å². The molecule has 0 aliphatic heterocycles. The van der Waals surface area contributed by atoms with Crippen LogP contribution in [0.15, 0.2) is 102 Å². The van der Waals surface area contributed by atoms with Gasteiger partial charge in [-0.1, -0.05) is 87.1 Å². The zero-order valence-electron chi connectivity index (χ0n) is 22.8. The van der Waals surface area contributed by atoms with Crippen LogP contribution in [0.2, 0.25) is 6.55 Å². The minimum Gasteiger partial charge on any atom is -1.00 e. The zero-order valence-corrected chi connectivity index (χ0v) is 27.8. The van der Waals surface area contributed by atoms with Crippen molar-refractivity contribution in [1.29, 1.82) is 0 Å². The molecular weight excluding hydrogens is 625 g/mol. The van der Waals surface area contributed by atoms with Gasteiger partial charge in [0.15, 0.2) is 0 Å². The summed E-state index contributed by atoms with van der Waals surface area (Å²) in [6, 6.07) is 24.5. The van der Waals surface area contributed by atoms with Crippen LogP contribution in [0.1, 0.15) is 38.8 Å². The maximum absolute atomic E-state index is 13.5. The first-order valence-electron chi connectivity index (χ1n) is 12.4. The minimum atomic E-state index is -0.158. The first kappa shape index (κ1) is 35.2. The Hall–Kier alpha value is -1.84. The quantitative estimate of drug-likeness (QED) is 0.300. The third-order valence-electron chi connectivity index (χ3n) is 6.06. The fourth-order valence-electron chi connectivity index (χ4n) is 4.30. The normalized spacial score (nSPS) is 16.9. The van der Waals surface area contributed by atoms with Crippen molar-refractivity contribution in [2.45, 2.75) is 34.2 Å². The Morgan fingerprint density at radius 2 is 1.00 bits per heavy atom. The number of rotatable bonds is 3. The van der Waals surface area contributed by atoms with Crippen LogP contribution in [0.4, 0.5) is 8.78 Å². The van der Waals surface area contributed by atoms with E-state index in [1.54, 1.807) is 40.7 Å². The van der Waals surface area contributed by atoms with E-state index in [1.807, 2.05) is 50.3 Å². The molecule has 5 rings (SSSR count). The second kappa shape index (κ2) is 17.1. The average molecular weight is 657 g/mol. The van der Waals surface area contributed by atoms with Crippen LogP contribution in [0, 0.1) is 35.6 Å². The molecule has 3 aromatic carbocycles. The molecule has 0 bridgehead atoms. The monoisotopic (exact) mass is 654 g/mol. The first-order valence-corrected chi connectivity index (χ1v) is 18.1. The van der Waals surface area contributed by atoms with Gasteiger partial charge in [0.1, 0.15) is 11.6 Å². The predicted octanol–water partition coefficient (Wildman–Crippen LogP) is 2.29. The molecule has 2 atom stereocenters. The van der Waals surface area contributed by atoms with Gasteiger partial charge in [-0.2, -0.15) is 23.3 Å². The van der Waals surface area contributed by atoms with Gasteiger partial charge in [0, 0.05) is 0 Å². The second-order valence-electron chi connectivity index (χ2n) is 9.23. The number of halogens is 4. The molecule has 6 heteroatoms. The molecule has 0 spiro atoms. The first-order chi connectivity index (χ1) is 17.7. The van der Waals surface area contributed by atoms with E-state index in [0.29, 0.717) is 23.0 Å². The molecule has 0 radical (unpaired) electrons. The van der Waals surface area contributed by atoms with Gasteiger partial charge in [-0.25, -0.2) is 19.9 Å². The van der Waals surface area contributed by atoms with Gasteiger partial charge in [0.25, 0.3) is 0 Å². The topological polar surface area (TPSA) is 0 Å². The van der Waals surface area contributed by atoms with Gasteiger partial charge in [0.05, 0.1) is 0 Å². The van der Waals surface area contributed by atoms with Crippen LogP contribution in [-0.2, 0) is 23.3 Å². The van der Waals surface area contributed by atoms with E-state index in [9.17, 15) is 8.78 Å². The van der Waals surface area contributed by atoms with Crippen LogP contribution < -0.4 is 30.0 Å². The molecular formula is C33H32Cl2F2SiZr-2. The Kier molecular flexibility index (Phi) is 15.4. The molecule has 0 heterocycles. The molecule has 39 heavy (non-hydrogen) atoms. The summed E-state index contributed by atoms with van der Waals surface area (Å²) in [4.78, 5) is 0. The summed E-state index contributed by atoms with van der Waals surface area (Å²) in [6.45, 7) is 10.4. The van der Waals surface area contributed by atoms with Crippen LogP contribution in [0.25, 0.3) is 11.1 Å². The molecule has 2 unspecified atom stereocenters. The van der Waals surface area contributed by atoms with Gasteiger partial charge >= 0.3 is 70.8 Å². The van der Waals surface area contributed by atoms with Gasteiger partial charge in [-0.05, 0) is 12.1 Å². The van der Waals surface area contributed by atoms with Gasteiger partial charge < -0.3 is 24.8 Å². The standard InChI is InChI=1S/2C13H12F.C7H8Si.2ClH.Zr/c2*1-9-7-10(2)12(8-9)11-5-3-4-6-13(11)14;1-8-7-5-3-2-4-6-7;;;/h2*3-6,8-9H,1-2H3;2-6H,1H3;2*1H;/q2*-1;;;;+2/p-2. The van der Waals surface area contributed by atoms with Gasteiger partial charge in [0.2, 0.25) is 0 Å². The molecule has 2 aliphatic rings. The SMILES string of the molecule is CC1=[C-]C(C)C=C1c1ccccc1F.CC1=[C-]C(C)C=C1c1ccccc1F.C[Si](=[Zr+2])c1ccccc1.[Cl-].[Cl-]. The number of hydrogen-bond acceptors (Lipinski definition) is 0. The van der Waals surface area contributed by atoms with Gasteiger partial charge in [-0.15, -0.1) is 0 Å². The Bertz CT molecular complexity index is 1300. The van der Waals surface area contributed by atoms with Crippen molar-refractivity contribution in [3.63, 3.8) is 0 Å². The van der Waals surface area contributed by atoms with Crippen molar-refractivity contribution in [2.75, 3.05) is 0 Å². The summed E-state index contributed by atoms with van der Waals surface area (Å²) < 4.78 is 26.9. The van der Waals surface area contributed by atoms with Crippen molar-refractivity contribution in [3.8, 4) is 0 Å². The van der Waals surface area contributed by atoms with E-state index in [-0.39, 0.29) is 41.9 Å². The summed E-state index contributed by atoms with van der Waals surface area (Å²) in [5.74, 6) is 0.275. The summed E-state index contributed by atoms with van der Waals surface area (Å²) in [5, 5.41) is 1.56.